The van der Waals surface area contributed by atoms with Gasteiger partial charge in [-0.2, -0.15) is 0 Å². The second kappa shape index (κ2) is 13.2. The third kappa shape index (κ3) is 8.37. The van der Waals surface area contributed by atoms with Crippen molar-refractivity contribution in [3.8, 4) is 0 Å². The molecule has 0 spiro atoms. The molecule has 0 heterocycles. The highest BCUT2D eigenvalue weighted by molar-refractivity contribution is 7.99. The number of carbonyl (C=O) groups excluding carboxylic acids is 2. The molecule has 31 heavy (non-hydrogen) atoms. The molecule has 6 heteroatoms. The number of thioether (sulfide) groups is 1. The molecule has 0 unspecified atom stereocenters. The van der Waals surface area contributed by atoms with Crippen LogP contribution in [-0.4, -0.2) is 35.1 Å². The predicted octanol–water partition coefficient (Wildman–Crippen LogP) is 5.09. The van der Waals surface area contributed by atoms with Crippen LogP contribution >= 0.6 is 11.8 Å². The Morgan fingerprint density at radius 2 is 1.68 bits per heavy atom. The third-order valence-corrected chi connectivity index (χ3v) is 6.09. The standard InChI is InChI=1S/C25H33FN2O2S/c1-4-6-15-27-25(30)23(5-2)28(16-20-9-7-19(3)8-10-20)24(29)18-31-17-21-11-13-22(26)14-12-21/h7-14,23H,4-6,15-18H2,1-3H3,(H,27,30)/t23-/m1/s1. The van der Waals surface area contributed by atoms with Crippen LogP contribution in [0, 0.1) is 12.7 Å². The number of nitrogens with one attached hydrogen (secondary N) is 1. The molecule has 0 saturated carbocycles. The van der Waals surface area contributed by atoms with E-state index in [0.29, 0.717) is 25.3 Å². The summed E-state index contributed by atoms with van der Waals surface area (Å²) in [6.07, 6.45) is 2.48. The molecular formula is C25H33FN2O2S. The van der Waals surface area contributed by atoms with Gasteiger partial charge in [0, 0.05) is 18.8 Å². The molecule has 0 fully saturated rings. The summed E-state index contributed by atoms with van der Waals surface area (Å²) in [5.74, 6) is 0.449. The van der Waals surface area contributed by atoms with E-state index in [1.165, 1.54) is 23.9 Å². The van der Waals surface area contributed by atoms with Crippen LogP contribution in [0.2, 0.25) is 0 Å². The number of unbranched alkanes of at least 4 members (excludes halogenated alkanes) is 1. The summed E-state index contributed by atoms with van der Waals surface area (Å²) in [5.41, 5.74) is 3.12. The van der Waals surface area contributed by atoms with Crippen molar-refractivity contribution in [3.05, 3.63) is 71.0 Å². The first-order valence-electron chi connectivity index (χ1n) is 10.9. The summed E-state index contributed by atoms with van der Waals surface area (Å²) in [5, 5.41) is 2.98. The Morgan fingerprint density at radius 3 is 2.29 bits per heavy atom. The van der Waals surface area contributed by atoms with Gasteiger partial charge in [-0.1, -0.05) is 62.2 Å². The lowest BCUT2D eigenvalue weighted by Gasteiger charge is -2.30. The van der Waals surface area contributed by atoms with Gasteiger partial charge < -0.3 is 10.2 Å². The van der Waals surface area contributed by atoms with Gasteiger partial charge in [-0.15, -0.1) is 11.8 Å². The molecule has 2 amide bonds. The van der Waals surface area contributed by atoms with E-state index in [9.17, 15) is 14.0 Å². The van der Waals surface area contributed by atoms with Crippen LogP contribution in [-0.2, 0) is 21.9 Å². The Bertz CT molecular complexity index is 824. The van der Waals surface area contributed by atoms with E-state index in [1.54, 1.807) is 17.0 Å². The fourth-order valence-corrected chi connectivity index (χ4v) is 4.11. The Balaban J connectivity index is 2.08. The van der Waals surface area contributed by atoms with Crippen LogP contribution in [0.4, 0.5) is 4.39 Å². The van der Waals surface area contributed by atoms with Crippen LogP contribution in [0.3, 0.4) is 0 Å². The number of amides is 2. The predicted molar refractivity (Wildman–Crippen MR) is 126 cm³/mol. The van der Waals surface area contributed by atoms with Gasteiger partial charge in [-0.05, 0) is 43.0 Å². The van der Waals surface area contributed by atoms with Gasteiger partial charge >= 0.3 is 0 Å². The first kappa shape index (κ1) is 24.9. The molecule has 2 aromatic rings. The molecule has 0 aromatic heterocycles. The molecule has 0 radical (unpaired) electrons. The molecule has 4 nitrogen and oxygen atoms in total. The number of halogens is 1. The zero-order valence-electron chi connectivity index (χ0n) is 18.7. The van der Waals surface area contributed by atoms with Crippen LogP contribution < -0.4 is 5.32 Å². The van der Waals surface area contributed by atoms with E-state index in [2.05, 4.69) is 12.2 Å². The fourth-order valence-electron chi connectivity index (χ4n) is 3.24. The number of nitrogens with zero attached hydrogens (tertiary/aromatic N) is 1. The Morgan fingerprint density at radius 1 is 1.03 bits per heavy atom. The maximum absolute atomic E-state index is 13.2. The zero-order valence-corrected chi connectivity index (χ0v) is 19.5. The summed E-state index contributed by atoms with van der Waals surface area (Å²) in [7, 11) is 0. The molecule has 1 N–H and O–H groups in total. The molecule has 0 bridgehead atoms. The SMILES string of the molecule is CCCCNC(=O)[C@@H](CC)N(Cc1ccc(C)cc1)C(=O)CSCc1ccc(F)cc1. The van der Waals surface area contributed by atoms with E-state index in [4.69, 9.17) is 0 Å². The summed E-state index contributed by atoms with van der Waals surface area (Å²) in [6, 6.07) is 13.8. The zero-order chi connectivity index (χ0) is 22.6. The van der Waals surface area contributed by atoms with Crippen molar-refractivity contribution in [1.29, 1.82) is 0 Å². The first-order valence-corrected chi connectivity index (χ1v) is 12.0. The van der Waals surface area contributed by atoms with Crippen molar-refractivity contribution in [2.24, 2.45) is 0 Å². The molecule has 1 atom stereocenters. The lowest BCUT2D eigenvalue weighted by atomic mass is 10.1. The minimum Gasteiger partial charge on any atom is -0.354 e. The second-order valence-electron chi connectivity index (χ2n) is 7.70. The van der Waals surface area contributed by atoms with Crippen molar-refractivity contribution < 1.29 is 14.0 Å². The molecule has 168 valence electrons. The Labute approximate surface area is 189 Å². The summed E-state index contributed by atoms with van der Waals surface area (Å²) < 4.78 is 13.1. The molecule has 2 aromatic carbocycles. The van der Waals surface area contributed by atoms with Crippen LogP contribution in [0.25, 0.3) is 0 Å². The number of hydrogen-bond donors (Lipinski definition) is 1. The monoisotopic (exact) mass is 444 g/mol. The van der Waals surface area contributed by atoms with Crippen molar-refractivity contribution in [2.75, 3.05) is 12.3 Å². The van der Waals surface area contributed by atoms with Crippen molar-refractivity contribution in [2.45, 2.75) is 58.4 Å². The Hall–Kier alpha value is -2.34. The van der Waals surface area contributed by atoms with Gasteiger partial charge in [0.2, 0.25) is 11.8 Å². The van der Waals surface area contributed by atoms with Crippen LogP contribution in [0.15, 0.2) is 48.5 Å². The lowest BCUT2D eigenvalue weighted by molar-refractivity contribution is -0.139. The molecule has 2 rings (SSSR count). The van der Waals surface area contributed by atoms with Crippen LogP contribution in [0.1, 0.15) is 49.8 Å². The smallest absolute Gasteiger partial charge is 0.242 e. The average Bonchev–Trinajstić information content (AvgIpc) is 2.76. The molecular weight excluding hydrogens is 411 g/mol. The maximum atomic E-state index is 13.2. The van der Waals surface area contributed by atoms with Crippen molar-refractivity contribution in [1.82, 2.24) is 10.2 Å². The van der Waals surface area contributed by atoms with Crippen molar-refractivity contribution in [3.63, 3.8) is 0 Å². The highest BCUT2D eigenvalue weighted by atomic mass is 32.2. The fraction of sp³-hybridized carbons (Fsp3) is 0.440. The molecule has 0 saturated heterocycles. The van der Waals surface area contributed by atoms with Gasteiger partial charge in [0.25, 0.3) is 0 Å². The van der Waals surface area contributed by atoms with Gasteiger partial charge in [0.15, 0.2) is 0 Å². The van der Waals surface area contributed by atoms with Gasteiger partial charge in [-0.25, -0.2) is 4.39 Å². The van der Waals surface area contributed by atoms with E-state index >= 15 is 0 Å². The van der Waals surface area contributed by atoms with E-state index in [-0.39, 0.29) is 23.4 Å². The quantitative estimate of drug-likeness (QED) is 0.464. The summed E-state index contributed by atoms with van der Waals surface area (Å²) in [4.78, 5) is 27.7. The van der Waals surface area contributed by atoms with E-state index in [1.807, 2.05) is 38.1 Å². The number of benzene rings is 2. The molecule has 0 aliphatic carbocycles. The van der Waals surface area contributed by atoms with E-state index in [0.717, 1.165) is 29.5 Å². The minimum absolute atomic E-state index is 0.0646. The van der Waals surface area contributed by atoms with Gasteiger partial charge in [-0.3, -0.25) is 9.59 Å². The lowest BCUT2D eigenvalue weighted by Crippen LogP contribution is -2.49. The summed E-state index contributed by atoms with van der Waals surface area (Å²) >= 11 is 1.48. The molecule has 0 aliphatic heterocycles. The number of aryl methyl sites for hydroxylation is 1. The third-order valence-electron chi connectivity index (χ3n) is 5.10. The van der Waals surface area contributed by atoms with Gasteiger partial charge in [0.1, 0.15) is 11.9 Å². The van der Waals surface area contributed by atoms with Crippen molar-refractivity contribution >= 4 is 23.6 Å². The summed E-state index contributed by atoms with van der Waals surface area (Å²) in [6.45, 7) is 7.06. The molecule has 0 aliphatic rings. The number of hydrogen-bond acceptors (Lipinski definition) is 3. The first-order chi connectivity index (χ1) is 14.9. The number of rotatable bonds is 12. The van der Waals surface area contributed by atoms with Gasteiger partial charge in [0.05, 0.1) is 5.75 Å². The maximum Gasteiger partial charge on any atom is 0.242 e. The Kier molecular flexibility index (Phi) is 10.6. The second-order valence-corrected chi connectivity index (χ2v) is 8.68. The highest BCUT2D eigenvalue weighted by Crippen LogP contribution is 2.18. The van der Waals surface area contributed by atoms with Crippen LogP contribution in [0.5, 0.6) is 0 Å². The average molecular weight is 445 g/mol. The highest BCUT2D eigenvalue weighted by Gasteiger charge is 2.28. The number of carbonyl (C=O) groups is 2. The largest absolute Gasteiger partial charge is 0.354 e. The topological polar surface area (TPSA) is 49.4 Å². The minimum atomic E-state index is -0.503. The van der Waals surface area contributed by atoms with E-state index < -0.39 is 6.04 Å². The normalized spacial score (nSPS) is 11.7.